The van der Waals surface area contributed by atoms with Crippen LogP contribution in [0, 0.1) is 5.92 Å². The first-order valence-electron chi connectivity index (χ1n) is 5.34. The van der Waals surface area contributed by atoms with Crippen LogP contribution in [0.15, 0.2) is 0 Å². The highest BCUT2D eigenvalue weighted by atomic mass is 16.4. The molecule has 6 nitrogen and oxygen atoms in total. The van der Waals surface area contributed by atoms with Crippen molar-refractivity contribution >= 4 is 17.8 Å². The Labute approximate surface area is 93.4 Å². The summed E-state index contributed by atoms with van der Waals surface area (Å²) in [5.74, 6) is -1.92. The summed E-state index contributed by atoms with van der Waals surface area (Å²) in [6.45, 7) is 1.86. The van der Waals surface area contributed by atoms with Gasteiger partial charge in [-0.3, -0.25) is 14.4 Å². The monoisotopic (exact) mass is 228 g/mol. The van der Waals surface area contributed by atoms with Gasteiger partial charge in [0.2, 0.25) is 11.8 Å². The zero-order valence-corrected chi connectivity index (χ0v) is 9.16. The number of hydrogen-bond donors (Lipinski definition) is 3. The summed E-state index contributed by atoms with van der Waals surface area (Å²) < 4.78 is 0. The molecule has 0 saturated carbocycles. The number of nitrogens with one attached hydrogen (secondary N) is 2. The van der Waals surface area contributed by atoms with Gasteiger partial charge in [-0.2, -0.15) is 0 Å². The van der Waals surface area contributed by atoms with E-state index in [2.05, 4.69) is 10.6 Å². The Bertz CT molecular complexity index is 303. The molecular weight excluding hydrogens is 212 g/mol. The van der Waals surface area contributed by atoms with Crippen LogP contribution in [-0.2, 0) is 14.4 Å². The van der Waals surface area contributed by atoms with E-state index in [1.54, 1.807) is 6.92 Å². The fourth-order valence-corrected chi connectivity index (χ4v) is 1.56. The third-order valence-electron chi connectivity index (χ3n) is 2.68. The van der Waals surface area contributed by atoms with Crippen LogP contribution in [-0.4, -0.2) is 35.5 Å². The molecule has 0 aromatic heterocycles. The van der Waals surface area contributed by atoms with E-state index in [4.69, 9.17) is 5.11 Å². The van der Waals surface area contributed by atoms with E-state index in [9.17, 15) is 14.4 Å². The Morgan fingerprint density at radius 2 is 2.31 bits per heavy atom. The predicted molar refractivity (Wildman–Crippen MR) is 55.6 cm³/mol. The normalized spacial score (nSPS) is 21.3. The van der Waals surface area contributed by atoms with Gasteiger partial charge in [-0.15, -0.1) is 0 Å². The minimum Gasteiger partial charge on any atom is -0.481 e. The maximum atomic E-state index is 11.5. The molecule has 0 spiro atoms. The van der Waals surface area contributed by atoms with Gasteiger partial charge in [0, 0.05) is 13.0 Å². The Kier molecular flexibility index (Phi) is 4.28. The van der Waals surface area contributed by atoms with Crippen molar-refractivity contribution in [3.63, 3.8) is 0 Å². The molecule has 1 heterocycles. The molecule has 90 valence electrons. The fraction of sp³-hybridized carbons (Fsp3) is 0.700. The van der Waals surface area contributed by atoms with Crippen LogP contribution < -0.4 is 10.6 Å². The van der Waals surface area contributed by atoms with E-state index < -0.39 is 17.9 Å². The van der Waals surface area contributed by atoms with Gasteiger partial charge in [0.15, 0.2) is 0 Å². The van der Waals surface area contributed by atoms with Crippen molar-refractivity contribution in [2.24, 2.45) is 5.92 Å². The lowest BCUT2D eigenvalue weighted by atomic mass is 10.1. The summed E-state index contributed by atoms with van der Waals surface area (Å²) in [4.78, 5) is 33.1. The molecule has 0 bridgehead atoms. The highest BCUT2D eigenvalue weighted by Crippen LogP contribution is 2.07. The van der Waals surface area contributed by atoms with Gasteiger partial charge in [0.05, 0.1) is 5.92 Å². The molecule has 0 aromatic rings. The van der Waals surface area contributed by atoms with Crippen LogP contribution in [0.25, 0.3) is 0 Å². The van der Waals surface area contributed by atoms with Crippen molar-refractivity contribution in [2.45, 2.75) is 32.2 Å². The van der Waals surface area contributed by atoms with Crippen LogP contribution in [0.3, 0.4) is 0 Å². The fourth-order valence-electron chi connectivity index (χ4n) is 1.56. The number of carbonyl (C=O) groups is 3. The average molecular weight is 228 g/mol. The van der Waals surface area contributed by atoms with Gasteiger partial charge in [-0.1, -0.05) is 6.92 Å². The van der Waals surface area contributed by atoms with Gasteiger partial charge in [-0.25, -0.2) is 0 Å². The van der Waals surface area contributed by atoms with E-state index in [0.29, 0.717) is 19.3 Å². The summed E-state index contributed by atoms with van der Waals surface area (Å²) >= 11 is 0. The summed E-state index contributed by atoms with van der Waals surface area (Å²) in [6.07, 6.45) is 1.30. The van der Waals surface area contributed by atoms with E-state index in [0.717, 1.165) is 0 Å². The number of amides is 2. The molecule has 16 heavy (non-hydrogen) atoms. The molecule has 2 atom stereocenters. The lowest BCUT2D eigenvalue weighted by molar-refractivity contribution is -0.141. The zero-order chi connectivity index (χ0) is 12.1. The number of aliphatic carboxylic acids is 1. The van der Waals surface area contributed by atoms with Crippen molar-refractivity contribution < 1.29 is 19.5 Å². The van der Waals surface area contributed by atoms with Crippen LogP contribution in [0.4, 0.5) is 0 Å². The standard InChI is InChI=1S/C10H16N2O4/c1-2-6(10(15)16)5-11-9(14)7-3-4-8(13)12-7/h6-7H,2-5H2,1H3,(H,11,14)(H,12,13)(H,15,16). The molecule has 1 aliphatic rings. The third-order valence-corrected chi connectivity index (χ3v) is 2.68. The SMILES string of the molecule is CCC(CNC(=O)C1CCC(=O)N1)C(=O)O. The summed E-state index contributed by atoms with van der Waals surface area (Å²) in [5.41, 5.74) is 0. The first-order chi connectivity index (χ1) is 7.54. The number of rotatable bonds is 5. The lowest BCUT2D eigenvalue weighted by Crippen LogP contribution is -2.44. The van der Waals surface area contributed by atoms with Gasteiger partial charge in [0.25, 0.3) is 0 Å². The molecule has 0 aromatic carbocycles. The summed E-state index contributed by atoms with van der Waals surface area (Å²) in [6, 6.07) is -0.501. The van der Waals surface area contributed by atoms with Crippen molar-refractivity contribution in [1.29, 1.82) is 0 Å². The topological polar surface area (TPSA) is 95.5 Å². The van der Waals surface area contributed by atoms with Crippen molar-refractivity contribution in [3.8, 4) is 0 Å². The molecule has 1 fully saturated rings. The van der Waals surface area contributed by atoms with Gasteiger partial charge < -0.3 is 15.7 Å². The van der Waals surface area contributed by atoms with E-state index in [1.165, 1.54) is 0 Å². The predicted octanol–water partition coefficient (Wildman–Crippen LogP) is -0.508. The van der Waals surface area contributed by atoms with Crippen LogP contribution in [0.1, 0.15) is 26.2 Å². The van der Waals surface area contributed by atoms with Crippen molar-refractivity contribution in [3.05, 3.63) is 0 Å². The average Bonchev–Trinajstić information content (AvgIpc) is 2.65. The number of carbonyl (C=O) groups excluding carboxylic acids is 2. The van der Waals surface area contributed by atoms with Crippen LogP contribution in [0.5, 0.6) is 0 Å². The minimum atomic E-state index is -0.918. The quantitative estimate of drug-likeness (QED) is 0.590. The van der Waals surface area contributed by atoms with E-state index in [1.807, 2.05) is 0 Å². The molecular formula is C10H16N2O4. The van der Waals surface area contributed by atoms with Crippen LogP contribution >= 0.6 is 0 Å². The maximum Gasteiger partial charge on any atom is 0.308 e. The molecule has 1 rings (SSSR count). The number of hydrogen-bond acceptors (Lipinski definition) is 3. The van der Waals surface area contributed by atoms with Gasteiger partial charge in [0.1, 0.15) is 6.04 Å². The Hall–Kier alpha value is -1.59. The second-order valence-electron chi connectivity index (χ2n) is 3.85. The smallest absolute Gasteiger partial charge is 0.308 e. The maximum absolute atomic E-state index is 11.5. The second-order valence-corrected chi connectivity index (χ2v) is 3.85. The third kappa shape index (κ3) is 3.22. The molecule has 0 aliphatic carbocycles. The molecule has 2 unspecified atom stereocenters. The number of carboxylic acids is 1. The highest BCUT2D eigenvalue weighted by Gasteiger charge is 2.27. The molecule has 2 amide bonds. The first kappa shape index (κ1) is 12.5. The zero-order valence-electron chi connectivity index (χ0n) is 9.16. The van der Waals surface area contributed by atoms with Crippen LogP contribution in [0.2, 0.25) is 0 Å². The lowest BCUT2D eigenvalue weighted by Gasteiger charge is -2.14. The molecule has 1 saturated heterocycles. The van der Waals surface area contributed by atoms with E-state index >= 15 is 0 Å². The largest absolute Gasteiger partial charge is 0.481 e. The summed E-state index contributed by atoms with van der Waals surface area (Å²) in [5, 5.41) is 13.8. The molecule has 0 radical (unpaired) electrons. The minimum absolute atomic E-state index is 0.108. The second kappa shape index (κ2) is 5.48. The van der Waals surface area contributed by atoms with Crippen molar-refractivity contribution in [2.75, 3.05) is 6.54 Å². The number of carboxylic acid groups (broad SMARTS) is 1. The Morgan fingerprint density at radius 1 is 1.62 bits per heavy atom. The molecule has 1 aliphatic heterocycles. The first-order valence-corrected chi connectivity index (χ1v) is 5.34. The highest BCUT2D eigenvalue weighted by molar-refractivity contribution is 5.90. The Morgan fingerprint density at radius 3 is 2.75 bits per heavy atom. The molecule has 6 heteroatoms. The molecule has 3 N–H and O–H groups in total. The van der Waals surface area contributed by atoms with Gasteiger partial charge >= 0.3 is 5.97 Å². The Balaban J connectivity index is 2.34. The summed E-state index contributed by atoms with van der Waals surface area (Å²) in [7, 11) is 0. The van der Waals surface area contributed by atoms with Gasteiger partial charge in [-0.05, 0) is 12.8 Å². The van der Waals surface area contributed by atoms with E-state index in [-0.39, 0.29) is 18.4 Å². The van der Waals surface area contributed by atoms with Crippen molar-refractivity contribution in [1.82, 2.24) is 10.6 Å².